The topological polar surface area (TPSA) is 50.8 Å². The number of para-hydroxylation sites is 3. The molecule has 1 amide bonds. The molecule has 5 nitrogen and oxygen atoms in total. The van der Waals surface area contributed by atoms with Crippen molar-refractivity contribution in [3.63, 3.8) is 0 Å². The Morgan fingerprint density at radius 3 is 2.05 bits per heavy atom. The van der Waals surface area contributed by atoms with Crippen molar-refractivity contribution in [3.05, 3.63) is 65.7 Å². The minimum atomic E-state index is -0.181. The highest BCUT2D eigenvalue weighted by molar-refractivity contribution is 8.93. The SMILES string of the molecule is Br.CCCCCCCCCCCCCCOc1ccccc1OCC(=O)Nc1ccccc1CN1C=CSC1. The highest BCUT2D eigenvalue weighted by atomic mass is 79.9. The summed E-state index contributed by atoms with van der Waals surface area (Å²) in [5.41, 5.74) is 1.90. The second kappa shape index (κ2) is 20.7. The van der Waals surface area contributed by atoms with Crippen LogP contribution in [0.3, 0.4) is 0 Å². The van der Waals surface area contributed by atoms with Crippen LogP contribution in [-0.2, 0) is 11.3 Å². The zero-order chi connectivity index (χ0) is 26.7. The number of ether oxygens (including phenoxy) is 2. The molecule has 1 aliphatic rings. The Morgan fingerprint density at radius 2 is 1.41 bits per heavy atom. The second-order valence-electron chi connectivity index (χ2n) is 10.0. The summed E-state index contributed by atoms with van der Waals surface area (Å²) in [4.78, 5) is 14.9. The largest absolute Gasteiger partial charge is 0.490 e. The Labute approximate surface area is 250 Å². The molecule has 0 radical (unpaired) electrons. The van der Waals surface area contributed by atoms with Crippen LogP contribution in [0.15, 0.2) is 60.1 Å². The number of amides is 1. The summed E-state index contributed by atoms with van der Waals surface area (Å²) in [6.07, 6.45) is 17.9. The van der Waals surface area contributed by atoms with E-state index in [1.165, 1.54) is 70.6 Å². The predicted molar refractivity (Wildman–Crippen MR) is 171 cm³/mol. The van der Waals surface area contributed by atoms with Crippen LogP contribution in [0, 0.1) is 0 Å². The summed E-state index contributed by atoms with van der Waals surface area (Å²) in [7, 11) is 0. The number of hydrogen-bond acceptors (Lipinski definition) is 5. The Kier molecular flexibility index (Phi) is 17.6. The van der Waals surface area contributed by atoms with Gasteiger partial charge in [-0.2, -0.15) is 0 Å². The van der Waals surface area contributed by atoms with Crippen LogP contribution in [0.25, 0.3) is 0 Å². The van der Waals surface area contributed by atoms with Crippen LogP contribution >= 0.6 is 28.7 Å². The van der Waals surface area contributed by atoms with Gasteiger partial charge in [-0.3, -0.25) is 4.79 Å². The maximum absolute atomic E-state index is 12.7. The Bertz CT molecular complexity index is 972. The second-order valence-corrected chi connectivity index (χ2v) is 10.9. The highest BCUT2D eigenvalue weighted by Crippen LogP contribution is 2.27. The number of hydrogen-bond donors (Lipinski definition) is 1. The average molecular weight is 620 g/mol. The summed E-state index contributed by atoms with van der Waals surface area (Å²) in [5, 5.41) is 5.10. The van der Waals surface area contributed by atoms with E-state index in [9.17, 15) is 4.79 Å². The smallest absolute Gasteiger partial charge is 0.262 e. The number of nitrogens with zero attached hydrogens (tertiary/aromatic N) is 1. The molecule has 0 fully saturated rings. The Balaban J connectivity index is 0.00000533. The van der Waals surface area contributed by atoms with Crippen molar-refractivity contribution in [1.29, 1.82) is 0 Å². The van der Waals surface area contributed by atoms with E-state index in [0.717, 1.165) is 30.1 Å². The number of carbonyl (C=O) groups excluding carboxylic acids is 1. The number of unbranched alkanes of at least 4 members (excludes halogenated alkanes) is 11. The van der Waals surface area contributed by atoms with E-state index in [4.69, 9.17) is 9.47 Å². The first-order valence-corrected chi connectivity index (χ1v) is 15.6. The van der Waals surface area contributed by atoms with E-state index in [0.29, 0.717) is 18.1 Å². The number of benzene rings is 2. The van der Waals surface area contributed by atoms with Crippen LogP contribution in [0.1, 0.15) is 89.5 Å². The molecule has 0 atom stereocenters. The monoisotopic (exact) mass is 618 g/mol. The predicted octanol–water partition coefficient (Wildman–Crippen LogP) is 9.34. The molecule has 3 rings (SSSR count). The summed E-state index contributed by atoms with van der Waals surface area (Å²) >= 11 is 1.77. The lowest BCUT2D eigenvalue weighted by Gasteiger charge is -2.18. The van der Waals surface area contributed by atoms with Gasteiger partial charge >= 0.3 is 0 Å². The van der Waals surface area contributed by atoms with Gasteiger partial charge in [-0.25, -0.2) is 0 Å². The van der Waals surface area contributed by atoms with Gasteiger partial charge in [0.2, 0.25) is 0 Å². The fourth-order valence-corrected chi connectivity index (χ4v) is 5.26. The fraction of sp³-hybridized carbons (Fsp3) is 0.531. The van der Waals surface area contributed by atoms with Crippen LogP contribution in [0.4, 0.5) is 5.69 Å². The molecule has 0 aromatic heterocycles. The third-order valence-corrected chi connectivity index (χ3v) is 7.53. The number of halogens is 1. The molecule has 39 heavy (non-hydrogen) atoms. The number of anilines is 1. The molecule has 0 unspecified atom stereocenters. The molecular formula is C32H47BrN2O3S. The third kappa shape index (κ3) is 13.7. The Morgan fingerprint density at radius 1 is 0.821 bits per heavy atom. The van der Waals surface area contributed by atoms with Crippen LogP contribution in [0.5, 0.6) is 11.5 Å². The van der Waals surface area contributed by atoms with Crippen LogP contribution < -0.4 is 14.8 Å². The van der Waals surface area contributed by atoms with Crippen molar-refractivity contribution in [2.45, 2.75) is 90.5 Å². The fourth-order valence-electron chi connectivity index (χ4n) is 4.55. The first-order valence-electron chi connectivity index (χ1n) is 14.5. The van der Waals surface area contributed by atoms with Gasteiger partial charge in [0.15, 0.2) is 18.1 Å². The summed E-state index contributed by atoms with van der Waals surface area (Å²) < 4.78 is 11.8. The van der Waals surface area contributed by atoms with Gasteiger partial charge in [-0.15, -0.1) is 28.7 Å². The number of rotatable bonds is 20. The van der Waals surface area contributed by atoms with Crippen molar-refractivity contribution >= 4 is 40.3 Å². The van der Waals surface area contributed by atoms with E-state index >= 15 is 0 Å². The lowest BCUT2D eigenvalue weighted by atomic mass is 10.1. The van der Waals surface area contributed by atoms with Gasteiger partial charge in [0.25, 0.3) is 5.91 Å². The van der Waals surface area contributed by atoms with Gasteiger partial charge in [0.1, 0.15) is 0 Å². The molecule has 2 aromatic carbocycles. The number of carbonyl (C=O) groups is 1. The number of thioether (sulfide) groups is 1. The van der Waals surface area contributed by atoms with Crippen molar-refractivity contribution in [3.8, 4) is 11.5 Å². The molecule has 0 saturated carbocycles. The molecule has 0 spiro atoms. The highest BCUT2D eigenvalue weighted by Gasteiger charge is 2.12. The van der Waals surface area contributed by atoms with E-state index < -0.39 is 0 Å². The van der Waals surface area contributed by atoms with E-state index in [1.54, 1.807) is 11.8 Å². The zero-order valence-corrected chi connectivity index (χ0v) is 26.1. The first-order chi connectivity index (χ1) is 18.8. The normalized spacial score (nSPS) is 12.3. The van der Waals surface area contributed by atoms with Crippen molar-refractivity contribution in [1.82, 2.24) is 4.90 Å². The molecule has 216 valence electrons. The minimum absolute atomic E-state index is 0. The van der Waals surface area contributed by atoms with Crippen molar-refractivity contribution in [2.75, 3.05) is 24.4 Å². The molecule has 0 aliphatic carbocycles. The molecule has 1 aliphatic heterocycles. The molecule has 0 saturated heterocycles. The molecule has 1 heterocycles. The van der Waals surface area contributed by atoms with Gasteiger partial charge < -0.3 is 19.7 Å². The maximum Gasteiger partial charge on any atom is 0.262 e. The molecular weight excluding hydrogens is 572 g/mol. The Hall–Kier alpha value is -2.12. The summed E-state index contributed by atoms with van der Waals surface area (Å²) in [6.45, 7) is 3.64. The maximum atomic E-state index is 12.7. The quantitative estimate of drug-likeness (QED) is 0.150. The average Bonchev–Trinajstić information content (AvgIpc) is 3.45. The zero-order valence-electron chi connectivity index (χ0n) is 23.6. The van der Waals surface area contributed by atoms with Crippen LogP contribution in [-0.4, -0.2) is 29.9 Å². The van der Waals surface area contributed by atoms with Crippen molar-refractivity contribution < 1.29 is 14.3 Å². The lowest BCUT2D eigenvalue weighted by molar-refractivity contribution is -0.118. The minimum Gasteiger partial charge on any atom is -0.490 e. The third-order valence-electron chi connectivity index (χ3n) is 6.74. The van der Waals surface area contributed by atoms with Gasteiger partial charge in [0, 0.05) is 18.4 Å². The van der Waals surface area contributed by atoms with E-state index in [1.807, 2.05) is 48.5 Å². The van der Waals surface area contributed by atoms with Crippen LogP contribution in [0.2, 0.25) is 0 Å². The van der Waals surface area contributed by atoms with Gasteiger partial charge in [-0.05, 0) is 35.6 Å². The first kappa shape index (κ1) is 33.1. The van der Waals surface area contributed by atoms with E-state index in [-0.39, 0.29) is 29.5 Å². The standard InChI is InChI=1S/C32H46N2O3S.BrH/c1-2-3-4-5-6-7-8-9-10-11-12-17-23-36-30-20-15-16-21-31(30)37-26-32(35)33-29-19-14-13-18-28(29)25-34-22-24-38-27-34;/h13-16,18-22,24H,2-12,17,23,25-27H2,1H3,(H,33,35);1H. The number of nitrogens with one attached hydrogen (secondary N) is 1. The summed E-state index contributed by atoms with van der Waals surface area (Å²) in [5.74, 6) is 2.05. The lowest BCUT2D eigenvalue weighted by Crippen LogP contribution is -2.22. The van der Waals surface area contributed by atoms with Crippen molar-refractivity contribution in [2.24, 2.45) is 0 Å². The molecule has 0 bridgehead atoms. The molecule has 2 aromatic rings. The van der Waals surface area contributed by atoms with Gasteiger partial charge in [0.05, 0.1) is 12.5 Å². The molecule has 7 heteroatoms. The van der Waals surface area contributed by atoms with E-state index in [2.05, 4.69) is 28.7 Å². The van der Waals surface area contributed by atoms with Gasteiger partial charge in [-0.1, -0.05) is 108 Å². The molecule has 1 N–H and O–H groups in total. The summed E-state index contributed by atoms with van der Waals surface area (Å²) in [6, 6.07) is 15.5.